The molecular formula is C18H31N3O3. The number of hydrogen-bond donors (Lipinski definition) is 2. The van der Waals surface area contributed by atoms with Crippen molar-refractivity contribution in [1.82, 2.24) is 9.97 Å². The SMILES string of the molecule is CC(C)CC(C(C)C)C(OC(=O)Nc1cc(CO)ncn1)C(C)C. The van der Waals surface area contributed by atoms with Gasteiger partial charge in [0.05, 0.1) is 12.3 Å². The van der Waals surface area contributed by atoms with E-state index in [2.05, 4.69) is 56.8 Å². The summed E-state index contributed by atoms with van der Waals surface area (Å²) in [6, 6.07) is 1.53. The number of carbonyl (C=O) groups excluding carboxylic acids is 1. The van der Waals surface area contributed by atoms with Crippen molar-refractivity contribution in [2.75, 3.05) is 5.32 Å². The number of nitrogens with zero attached hydrogens (tertiary/aromatic N) is 2. The smallest absolute Gasteiger partial charge is 0.413 e. The molecule has 0 radical (unpaired) electrons. The van der Waals surface area contributed by atoms with Gasteiger partial charge >= 0.3 is 6.09 Å². The molecule has 0 aliphatic heterocycles. The van der Waals surface area contributed by atoms with Crippen molar-refractivity contribution in [3.63, 3.8) is 0 Å². The van der Waals surface area contributed by atoms with E-state index in [0.29, 0.717) is 29.3 Å². The van der Waals surface area contributed by atoms with Crippen molar-refractivity contribution in [2.24, 2.45) is 23.7 Å². The molecule has 24 heavy (non-hydrogen) atoms. The van der Waals surface area contributed by atoms with Crippen molar-refractivity contribution in [3.8, 4) is 0 Å². The molecule has 0 aliphatic rings. The molecule has 1 aromatic heterocycles. The molecule has 136 valence electrons. The van der Waals surface area contributed by atoms with Crippen LogP contribution in [0.5, 0.6) is 0 Å². The molecule has 0 fully saturated rings. The largest absolute Gasteiger partial charge is 0.445 e. The molecule has 1 aromatic rings. The predicted octanol–water partition coefficient (Wildman–Crippen LogP) is 3.86. The van der Waals surface area contributed by atoms with Gasteiger partial charge in [0.1, 0.15) is 18.2 Å². The Hall–Kier alpha value is -1.69. The van der Waals surface area contributed by atoms with Crippen LogP contribution in [0.1, 0.15) is 53.7 Å². The van der Waals surface area contributed by atoms with Gasteiger partial charge in [-0.1, -0.05) is 41.5 Å². The second-order valence-electron chi connectivity index (χ2n) is 7.33. The fourth-order valence-corrected chi connectivity index (χ4v) is 2.86. The lowest BCUT2D eigenvalue weighted by Crippen LogP contribution is -2.37. The van der Waals surface area contributed by atoms with Gasteiger partial charge in [-0.25, -0.2) is 14.8 Å². The summed E-state index contributed by atoms with van der Waals surface area (Å²) in [6.07, 6.45) is 1.63. The molecule has 0 bridgehead atoms. The van der Waals surface area contributed by atoms with Crippen molar-refractivity contribution < 1.29 is 14.6 Å². The van der Waals surface area contributed by atoms with Gasteiger partial charge in [0, 0.05) is 6.07 Å². The zero-order chi connectivity index (χ0) is 18.3. The summed E-state index contributed by atoms with van der Waals surface area (Å²) in [4.78, 5) is 20.1. The van der Waals surface area contributed by atoms with Crippen LogP contribution in [0.4, 0.5) is 10.6 Å². The Morgan fingerprint density at radius 2 is 1.83 bits per heavy atom. The number of hydrogen-bond acceptors (Lipinski definition) is 5. The zero-order valence-corrected chi connectivity index (χ0v) is 15.6. The van der Waals surface area contributed by atoms with Crippen LogP contribution in [-0.2, 0) is 11.3 Å². The molecule has 6 heteroatoms. The van der Waals surface area contributed by atoms with E-state index in [1.54, 1.807) is 0 Å². The fraction of sp³-hybridized carbons (Fsp3) is 0.722. The summed E-state index contributed by atoms with van der Waals surface area (Å²) in [5.74, 6) is 1.81. The lowest BCUT2D eigenvalue weighted by atomic mass is 9.79. The highest BCUT2D eigenvalue weighted by Gasteiger charge is 2.31. The molecule has 0 spiro atoms. The number of aliphatic hydroxyl groups excluding tert-OH is 1. The van der Waals surface area contributed by atoms with E-state index in [1.165, 1.54) is 12.4 Å². The Morgan fingerprint density at radius 1 is 1.17 bits per heavy atom. The minimum Gasteiger partial charge on any atom is -0.445 e. The number of rotatable bonds is 8. The van der Waals surface area contributed by atoms with E-state index < -0.39 is 6.09 Å². The maximum Gasteiger partial charge on any atom is 0.413 e. The molecule has 0 saturated carbocycles. The van der Waals surface area contributed by atoms with Crippen molar-refractivity contribution in [3.05, 3.63) is 18.1 Å². The molecular weight excluding hydrogens is 306 g/mol. The van der Waals surface area contributed by atoms with Crippen LogP contribution in [-0.4, -0.2) is 27.3 Å². The molecule has 1 heterocycles. The highest BCUT2D eigenvalue weighted by molar-refractivity contribution is 5.83. The number of amides is 1. The third-order valence-corrected chi connectivity index (χ3v) is 4.04. The van der Waals surface area contributed by atoms with E-state index in [-0.39, 0.29) is 18.6 Å². The summed E-state index contributed by atoms with van der Waals surface area (Å²) < 4.78 is 5.74. The van der Waals surface area contributed by atoms with E-state index in [9.17, 15) is 4.79 Å². The maximum absolute atomic E-state index is 12.3. The number of aromatic nitrogens is 2. The quantitative estimate of drug-likeness (QED) is 0.752. The third kappa shape index (κ3) is 6.43. The fourth-order valence-electron chi connectivity index (χ4n) is 2.86. The lowest BCUT2D eigenvalue weighted by Gasteiger charge is -2.33. The van der Waals surface area contributed by atoms with Crippen LogP contribution in [0.2, 0.25) is 0 Å². The van der Waals surface area contributed by atoms with Crippen LogP contribution in [0, 0.1) is 23.7 Å². The van der Waals surface area contributed by atoms with Crippen molar-refractivity contribution >= 4 is 11.9 Å². The Kier molecular flexibility index (Phi) is 8.11. The number of ether oxygens (including phenoxy) is 1. The topological polar surface area (TPSA) is 84.3 Å². The number of carbonyl (C=O) groups is 1. The molecule has 0 aliphatic carbocycles. The summed E-state index contributed by atoms with van der Waals surface area (Å²) in [7, 11) is 0. The Bertz CT molecular complexity index is 518. The summed E-state index contributed by atoms with van der Waals surface area (Å²) >= 11 is 0. The molecule has 1 amide bonds. The molecule has 0 aromatic carbocycles. The van der Waals surface area contributed by atoms with Gasteiger partial charge in [0.15, 0.2) is 0 Å². The minimum atomic E-state index is -0.523. The Balaban J connectivity index is 2.80. The molecule has 2 atom stereocenters. The Morgan fingerprint density at radius 3 is 2.33 bits per heavy atom. The molecule has 2 N–H and O–H groups in total. The second-order valence-corrected chi connectivity index (χ2v) is 7.33. The maximum atomic E-state index is 12.3. The summed E-state index contributed by atoms with van der Waals surface area (Å²) in [5.41, 5.74) is 0.445. The Labute approximate surface area is 145 Å². The summed E-state index contributed by atoms with van der Waals surface area (Å²) in [6.45, 7) is 12.6. The zero-order valence-electron chi connectivity index (χ0n) is 15.6. The first-order valence-electron chi connectivity index (χ1n) is 8.64. The average Bonchev–Trinajstić information content (AvgIpc) is 2.50. The van der Waals surface area contributed by atoms with Crippen molar-refractivity contribution in [2.45, 2.75) is 60.7 Å². The first-order chi connectivity index (χ1) is 11.2. The van der Waals surface area contributed by atoms with E-state index in [0.717, 1.165) is 6.42 Å². The van der Waals surface area contributed by atoms with Gasteiger partial charge in [-0.15, -0.1) is 0 Å². The van der Waals surface area contributed by atoms with Gasteiger partial charge in [0.2, 0.25) is 0 Å². The van der Waals surface area contributed by atoms with Gasteiger partial charge in [-0.05, 0) is 30.1 Å². The van der Waals surface area contributed by atoms with Crippen LogP contribution in [0.25, 0.3) is 0 Å². The standard InChI is InChI=1S/C18H31N3O3/c1-11(2)7-15(12(3)4)17(13(5)6)24-18(23)21-16-8-14(9-22)19-10-20-16/h8,10-13,15,17,22H,7,9H2,1-6H3,(H,19,20,21,23). The van der Waals surface area contributed by atoms with E-state index in [4.69, 9.17) is 9.84 Å². The van der Waals surface area contributed by atoms with Crippen LogP contribution in [0.3, 0.4) is 0 Å². The molecule has 6 nitrogen and oxygen atoms in total. The van der Waals surface area contributed by atoms with E-state index >= 15 is 0 Å². The van der Waals surface area contributed by atoms with Crippen molar-refractivity contribution in [1.29, 1.82) is 0 Å². The first-order valence-corrected chi connectivity index (χ1v) is 8.64. The van der Waals surface area contributed by atoms with Crippen LogP contribution >= 0.6 is 0 Å². The number of aliphatic hydroxyl groups is 1. The number of anilines is 1. The second kappa shape index (κ2) is 9.57. The lowest BCUT2D eigenvalue weighted by molar-refractivity contribution is 0.0160. The van der Waals surface area contributed by atoms with Gasteiger partial charge in [0.25, 0.3) is 0 Å². The average molecular weight is 337 g/mol. The third-order valence-electron chi connectivity index (χ3n) is 4.04. The minimum absolute atomic E-state index is 0.161. The van der Waals surface area contributed by atoms with Gasteiger partial charge in [-0.2, -0.15) is 0 Å². The first kappa shape index (κ1) is 20.4. The normalized spacial score (nSPS) is 14.1. The van der Waals surface area contributed by atoms with Crippen LogP contribution < -0.4 is 5.32 Å². The predicted molar refractivity (Wildman–Crippen MR) is 94.5 cm³/mol. The van der Waals surface area contributed by atoms with Gasteiger partial charge in [-0.3, -0.25) is 5.32 Å². The number of nitrogens with one attached hydrogen (secondary N) is 1. The molecule has 2 unspecified atom stereocenters. The molecule has 0 saturated heterocycles. The highest BCUT2D eigenvalue weighted by Crippen LogP contribution is 2.30. The van der Waals surface area contributed by atoms with E-state index in [1.807, 2.05) is 0 Å². The van der Waals surface area contributed by atoms with Gasteiger partial charge < -0.3 is 9.84 Å². The monoisotopic (exact) mass is 337 g/mol. The molecule has 1 rings (SSSR count). The summed E-state index contributed by atoms with van der Waals surface area (Å²) in [5, 5.41) is 11.7. The van der Waals surface area contributed by atoms with Crippen LogP contribution in [0.15, 0.2) is 12.4 Å². The highest BCUT2D eigenvalue weighted by atomic mass is 16.6.